The van der Waals surface area contributed by atoms with Crippen LogP contribution in [0.2, 0.25) is 0 Å². The average Bonchev–Trinajstić information content (AvgIpc) is 3.34. The summed E-state index contributed by atoms with van der Waals surface area (Å²) >= 11 is 0. The lowest BCUT2D eigenvalue weighted by molar-refractivity contribution is -0.143. The Labute approximate surface area is 141 Å². The lowest BCUT2D eigenvalue weighted by Gasteiger charge is -2.33. The number of piperidine rings is 1. The molecular formula is C19H21N3O2. The molecule has 2 aromatic rings. The Balaban J connectivity index is 1.33. The van der Waals surface area contributed by atoms with Gasteiger partial charge in [-0.25, -0.2) is 0 Å². The Morgan fingerprint density at radius 1 is 1.04 bits per heavy atom. The smallest absolute Gasteiger partial charge is 0.266 e. The third-order valence-electron chi connectivity index (χ3n) is 4.88. The Morgan fingerprint density at radius 3 is 2.46 bits per heavy atom. The van der Waals surface area contributed by atoms with Crippen LogP contribution in [0.25, 0.3) is 0 Å². The Kier molecular flexibility index (Phi) is 4.07. The van der Waals surface area contributed by atoms with Gasteiger partial charge in [0, 0.05) is 37.9 Å². The molecule has 2 aliphatic heterocycles. The van der Waals surface area contributed by atoms with Crippen LogP contribution in [0.1, 0.15) is 30.9 Å². The first-order valence-electron chi connectivity index (χ1n) is 8.50. The van der Waals surface area contributed by atoms with Gasteiger partial charge < -0.3 is 14.3 Å². The van der Waals surface area contributed by atoms with E-state index >= 15 is 0 Å². The molecular weight excluding hydrogens is 302 g/mol. The van der Waals surface area contributed by atoms with Gasteiger partial charge in [0.2, 0.25) is 6.10 Å². The van der Waals surface area contributed by atoms with Gasteiger partial charge in [0.1, 0.15) is 0 Å². The fraction of sp³-hybridized carbons (Fsp3) is 0.368. The molecule has 124 valence electrons. The van der Waals surface area contributed by atoms with E-state index in [0.29, 0.717) is 12.5 Å². The van der Waals surface area contributed by atoms with Crippen molar-refractivity contribution in [2.75, 3.05) is 13.1 Å². The highest BCUT2D eigenvalue weighted by Gasteiger charge is 2.34. The molecule has 1 amide bonds. The quantitative estimate of drug-likeness (QED) is 0.872. The normalized spacial score (nSPS) is 21.4. The molecule has 1 aromatic heterocycles. The number of nitrogens with zero attached hydrogens (tertiary/aromatic N) is 3. The van der Waals surface area contributed by atoms with Crippen LogP contribution in [0, 0.1) is 0 Å². The van der Waals surface area contributed by atoms with Gasteiger partial charge in [0.25, 0.3) is 5.91 Å². The standard InChI is InChI=1S/C19H21N3O2/c23-19(18-14-17(20-24-18)15-6-2-1-3-7-15)22-12-8-16(9-13-22)21-10-4-5-11-21/h1-7,10-11,16,18H,8-9,12-14H2/t18-/m1/s1. The van der Waals surface area contributed by atoms with Crippen LogP contribution in [-0.4, -0.2) is 40.3 Å². The van der Waals surface area contributed by atoms with E-state index in [-0.39, 0.29) is 5.91 Å². The van der Waals surface area contributed by atoms with Crippen LogP contribution in [-0.2, 0) is 9.63 Å². The lowest BCUT2D eigenvalue weighted by Crippen LogP contribution is -2.44. The molecule has 0 saturated carbocycles. The molecule has 3 heterocycles. The Hall–Kier alpha value is -2.56. The zero-order chi connectivity index (χ0) is 16.4. The molecule has 0 spiro atoms. The molecule has 0 bridgehead atoms. The minimum atomic E-state index is -0.469. The molecule has 1 aromatic carbocycles. The maximum Gasteiger partial charge on any atom is 0.266 e. The van der Waals surface area contributed by atoms with E-state index in [1.165, 1.54) is 0 Å². The summed E-state index contributed by atoms with van der Waals surface area (Å²) in [6.45, 7) is 1.56. The number of carbonyl (C=O) groups is 1. The molecule has 4 rings (SSSR count). The highest BCUT2D eigenvalue weighted by molar-refractivity contribution is 6.04. The Morgan fingerprint density at radius 2 is 1.75 bits per heavy atom. The molecule has 0 unspecified atom stereocenters. The highest BCUT2D eigenvalue weighted by atomic mass is 16.6. The van der Waals surface area contributed by atoms with Crippen molar-refractivity contribution in [1.82, 2.24) is 9.47 Å². The van der Waals surface area contributed by atoms with E-state index in [0.717, 1.165) is 37.2 Å². The fourth-order valence-corrected chi connectivity index (χ4v) is 3.49. The summed E-state index contributed by atoms with van der Waals surface area (Å²) in [5, 5.41) is 4.12. The number of aromatic nitrogens is 1. The molecule has 1 fully saturated rings. The van der Waals surface area contributed by atoms with Gasteiger partial charge in [0.05, 0.1) is 5.71 Å². The number of rotatable bonds is 3. The summed E-state index contributed by atoms with van der Waals surface area (Å²) in [6.07, 6.45) is 6.26. The first-order valence-corrected chi connectivity index (χ1v) is 8.50. The van der Waals surface area contributed by atoms with Crippen LogP contribution in [0.3, 0.4) is 0 Å². The number of oxime groups is 1. The molecule has 24 heavy (non-hydrogen) atoms. The second kappa shape index (κ2) is 6.51. The van der Waals surface area contributed by atoms with Crippen molar-refractivity contribution in [1.29, 1.82) is 0 Å². The van der Waals surface area contributed by atoms with Gasteiger partial charge in [-0.1, -0.05) is 35.5 Å². The SMILES string of the molecule is O=C([C@H]1CC(c2ccccc2)=NO1)N1CCC(n2cccc2)CC1. The predicted octanol–water partition coefficient (Wildman–Crippen LogP) is 2.84. The zero-order valence-electron chi connectivity index (χ0n) is 13.5. The molecule has 5 heteroatoms. The summed E-state index contributed by atoms with van der Waals surface area (Å²) < 4.78 is 2.24. The summed E-state index contributed by atoms with van der Waals surface area (Å²) in [7, 11) is 0. The molecule has 0 N–H and O–H groups in total. The number of benzene rings is 1. The van der Waals surface area contributed by atoms with Gasteiger partial charge in [-0.2, -0.15) is 0 Å². The molecule has 1 atom stereocenters. The molecule has 5 nitrogen and oxygen atoms in total. The minimum Gasteiger partial charge on any atom is -0.382 e. The number of hydrogen-bond donors (Lipinski definition) is 0. The van der Waals surface area contributed by atoms with Gasteiger partial charge in [-0.15, -0.1) is 0 Å². The summed E-state index contributed by atoms with van der Waals surface area (Å²) in [5.74, 6) is 0.0654. The topological polar surface area (TPSA) is 46.8 Å². The van der Waals surface area contributed by atoms with Crippen molar-refractivity contribution in [2.24, 2.45) is 5.16 Å². The van der Waals surface area contributed by atoms with E-state index in [1.807, 2.05) is 47.4 Å². The van der Waals surface area contributed by atoms with Crippen LogP contribution in [0.4, 0.5) is 0 Å². The van der Waals surface area contributed by atoms with Gasteiger partial charge >= 0.3 is 0 Å². The van der Waals surface area contributed by atoms with Crippen LogP contribution in [0.15, 0.2) is 60.0 Å². The second-order valence-electron chi connectivity index (χ2n) is 6.39. The van der Waals surface area contributed by atoms with E-state index in [2.05, 4.69) is 22.1 Å². The number of likely N-dealkylation sites (tertiary alicyclic amines) is 1. The fourth-order valence-electron chi connectivity index (χ4n) is 3.49. The third-order valence-corrected chi connectivity index (χ3v) is 4.88. The van der Waals surface area contributed by atoms with E-state index in [4.69, 9.17) is 4.84 Å². The van der Waals surface area contributed by atoms with Gasteiger partial charge in [-0.3, -0.25) is 4.79 Å². The maximum absolute atomic E-state index is 12.7. The first kappa shape index (κ1) is 15.0. The van der Waals surface area contributed by atoms with E-state index < -0.39 is 6.10 Å². The number of hydrogen-bond acceptors (Lipinski definition) is 3. The lowest BCUT2D eigenvalue weighted by atomic mass is 10.0. The van der Waals surface area contributed by atoms with Crippen molar-refractivity contribution in [3.63, 3.8) is 0 Å². The minimum absolute atomic E-state index is 0.0654. The highest BCUT2D eigenvalue weighted by Crippen LogP contribution is 2.25. The van der Waals surface area contributed by atoms with Gasteiger partial charge in [-0.05, 0) is 30.5 Å². The van der Waals surface area contributed by atoms with Crippen molar-refractivity contribution >= 4 is 11.6 Å². The molecule has 0 radical (unpaired) electrons. The van der Waals surface area contributed by atoms with Crippen molar-refractivity contribution in [3.05, 3.63) is 60.4 Å². The molecule has 0 aliphatic carbocycles. The monoisotopic (exact) mass is 323 g/mol. The van der Waals surface area contributed by atoms with Crippen LogP contribution < -0.4 is 0 Å². The summed E-state index contributed by atoms with van der Waals surface area (Å²) in [5.41, 5.74) is 1.88. The van der Waals surface area contributed by atoms with Gasteiger partial charge in [0.15, 0.2) is 0 Å². The predicted molar refractivity (Wildman–Crippen MR) is 91.8 cm³/mol. The van der Waals surface area contributed by atoms with Crippen LogP contribution >= 0.6 is 0 Å². The second-order valence-corrected chi connectivity index (χ2v) is 6.39. The number of amides is 1. The first-order chi connectivity index (χ1) is 11.8. The van der Waals surface area contributed by atoms with Crippen molar-refractivity contribution in [2.45, 2.75) is 31.4 Å². The zero-order valence-corrected chi connectivity index (χ0v) is 13.5. The average molecular weight is 323 g/mol. The third kappa shape index (κ3) is 2.94. The van der Waals surface area contributed by atoms with Crippen LogP contribution in [0.5, 0.6) is 0 Å². The Bertz CT molecular complexity index is 716. The maximum atomic E-state index is 12.7. The van der Waals surface area contributed by atoms with E-state index in [1.54, 1.807) is 0 Å². The van der Waals surface area contributed by atoms with Crippen molar-refractivity contribution < 1.29 is 9.63 Å². The largest absolute Gasteiger partial charge is 0.382 e. The molecule has 2 aliphatic rings. The summed E-state index contributed by atoms with van der Waals surface area (Å²) in [4.78, 5) is 20.0. The van der Waals surface area contributed by atoms with Crippen molar-refractivity contribution in [3.8, 4) is 0 Å². The number of carbonyl (C=O) groups excluding carboxylic acids is 1. The molecule has 1 saturated heterocycles. The van der Waals surface area contributed by atoms with E-state index in [9.17, 15) is 4.79 Å². The summed E-state index contributed by atoms with van der Waals surface area (Å²) in [6, 6.07) is 14.5.